The van der Waals surface area contributed by atoms with Crippen molar-refractivity contribution in [1.29, 1.82) is 0 Å². The van der Waals surface area contributed by atoms with E-state index < -0.39 is 0 Å². The summed E-state index contributed by atoms with van der Waals surface area (Å²) in [6.07, 6.45) is 5.89. The summed E-state index contributed by atoms with van der Waals surface area (Å²) < 4.78 is 0. The smallest absolute Gasteiger partial charge is 0.255 e. The summed E-state index contributed by atoms with van der Waals surface area (Å²) in [5.41, 5.74) is 0.466. The molecule has 148 valence electrons. The predicted octanol–water partition coefficient (Wildman–Crippen LogP) is 1.17. The summed E-state index contributed by atoms with van der Waals surface area (Å²) in [5, 5.41) is 0. The van der Waals surface area contributed by atoms with Crippen molar-refractivity contribution in [1.82, 2.24) is 19.7 Å². The molecule has 2 saturated heterocycles. The van der Waals surface area contributed by atoms with Crippen LogP contribution in [-0.2, 0) is 4.79 Å². The summed E-state index contributed by atoms with van der Waals surface area (Å²) >= 11 is 0. The molecule has 0 unspecified atom stereocenters. The Kier molecular flexibility index (Phi) is 5.99. The molecule has 2 aliphatic heterocycles. The Morgan fingerprint density at radius 2 is 1.93 bits per heavy atom. The molecule has 7 heteroatoms. The third kappa shape index (κ3) is 4.77. The maximum Gasteiger partial charge on any atom is 0.255 e. The second-order valence-electron chi connectivity index (χ2n) is 8.21. The summed E-state index contributed by atoms with van der Waals surface area (Å²) in [6, 6.07) is 2.97. The van der Waals surface area contributed by atoms with E-state index in [4.69, 9.17) is 0 Å². The van der Waals surface area contributed by atoms with Crippen LogP contribution in [0.25, 0.3) is 0 Å². The van der Waals surface area contributed by atoms with E-state index in [2.05, 4.69) is 24.0 Å². The molecule has 1 aromatic rings. The van der Waals surface area contributed by atoms with E-state index in [0.717, 1.165) is 45.3 Å². The molecule has 0 aromatic carbocycles. The quantitative estimate of drug-likeness (QED) is 0.839. The van der Waals surface area contributed by atoms with Gasteiger partial charge in [-0.15, -0.1) is 0 Å². The highest BCUT2D eigenvalue weighted by Gasteiger charge is 2.41. The fraction of sp³-hybridized carbons (Fsp3) is 0.650. The maximum absolute atomic E-state index is 12.6. The summed E-state index contributed by atoms with van der Waals surface area (Å²) in [6.45, 7) is 4.03. The van der Waals surface area contributed by atoms with Crippen LogP contribution in [0.4, 0.5) is 0 Å². The molecule has 27 heavy (non-hydrogen) atoms. The Morgan fingerprint density at radius 3 is 2.56 bits per heavy atom. The van der Waals surface area contributed by atoms with Crippen molar-refractivity contribution < 1.29 is 9.59 Å². The Balaban J connectivity index is 1.56. The Morgan fingerprint density at radius 1 is 1.19 bits per heavy atom. The lowest BCUT2D eigenvalue weighted by Crippen LogP contribution is -2.52. The topological polar surface area (TPSA) is 76.7 Å². The largest absolute Gasteiger partial charge is 0.342 e. The first-order valence-corrected chi connectivity index (χ1v) is 9.79. The minimum absolute atomic E-state index is 0.0316. The van der Waals surface area contributed by atoms with Gasteiger partial charge in [-0.05, 0) is 57.8 Å². The maximum atomic E-state index is 12.6. The molecule has 1 aromatic heterocycles. The Hall–Kier alpha value is -2.15. The number of hydrogen-bond acceptors (Lipinski definition) is 4. The fourth-order valence-corrected chi connectivity index (χ4v) is 4.20. The normalized spacial score (nSPS) is 19.7. The van der Waals surface area contributed by atoms with E-state index >= 15 is 0 Å². The number of likely N-dealkylation sites (tertiary alicyclic amines) is 2. The minimum Gasteiger partial charge on any atom is -0.342 e. The van der Waals surface area contributed by atoms with Crippen molar-refractivity contribution in [2.75, 3.05) is 46.8 Å². The van der Waals surface area contributed by atoms with Crippen molar-refractivity contribution in [3.63, 3.8) is 0 Å². The number of H-pyrrole nitrogens is 1. The van der Waals surface area contributed by atoms with Crippen molar-refractivity contribution in [3.05, 3.63) is 34.2 Å². The van der Waals surface area contributed by atoms with Crippen LogP contribution in [0, 0.1) is 5.41 Å². The van der Waals surface area contributed by atoms with Gasteiger partial charge in [-0.1, -0.05) is 0 Å². The number of pyridine rings is 1. The number of nitrogens with zero attached hydrogens (tertiary/aromatic N) is 3. The molecule has 2 fully saturated rings. The van der Waals surface area contributed by atoms with Crippen LogP contribution in [0.2, 0.25) is 0 Å². The highest BCUT2D eigenvalue weighted by Crippen LogP contribution is 2.40. The van der Waals surface area contributed by atoms with Gasteiger partial charge in [0.2, 0.25) is 11.5 Å². The summed E-state index contributed by atoms with van der Waals surface area (Å²) in [4.78, 5) is 44.7. The van der Waals surface area contributed by atoms with E-state index in [1.54, 1.807) is 6.07 Å². The Labute approximate surface area is 160 Å². The third-order valence-electron chi connectivity index (χ3n) is 5.92. The number of amides is 2. The zero-order valence-electron chi connectivity index (χ0n) is 16.4. The van der Waals surface area contributed by atoms with E-state index in [-0.39, 0.29) is 22.8 Å². The lowest BCUT2D eigenvalue weighted by molar-refractivity contribution is -0.139. The molecule has 2 amide bonds. The van der Waals surface area contributed by atoms with Gasteiger partial charge in [0.1, 0.15) is 0 Å². The number of nitrogens with one attached hydrogen (secondary N) is 1. The molecule has 2 aliphatic rings. The summed E-state index contributed by atoms with van der Waals surface area (Å²) in [5.74, 6) is 0.238. The van der Waals surface area contributed by atoms with Gasteiger partial charge in [0.25, 0.3) is 5.91 Å². The first-order valence-electron chi connectivity index (χ1n) is 9.79. The molecule has 1 spiro atoms. The van der Waals surface area contributed by atoms with Crippen molar-refractivity contribution in [3.8, 4) is 0 Å². The van der Waals surface area contributed by atoms with Crippen LogP contribution in [0.3, 0.4) is 0 Å². The molecule has 1 N–H and O–H groups in total. The number of carbonyl (C=O) groups is 2. The molecule has 0 saturated carbocycles. The zero-order chi connectivity index (χ0) is 19.4. The second kappa shape index (κ2) is 8.25. The number of aromatic amines is 1. The minimum atomic E-state index is -0.203. The molecule has 0 atom stereocenters. The van der Waals surface area contributed by atoms with Gasteiger partial charge >= 0.3 is 0 Å². The second-order valence-corrected chi connectivity index (χ2v) is 8.21. The molecule has 3 heterocycles. The number of rotatable bonds is 5. The molecule has 0 aliphatic carbocycles. The fourth-order valence-electron chi connectivity index (χ4n) is 4.20. The van der Waals surface area contributed by atoms with Crippen LogP contribution in [0.1, 0.15) is 42.5 Å². The van der Waals surface area contributed by atoms with Crippen molar-refractivity contribution >= 4 is 11.8 Å². The van der Waals surface area contributed by atoms with Gasteiger partial charge < -0.3 is 19.7 Å². The molecule has 0 bridgehead atoms. The monoisotopic (exact) mass is 374 g/mol. The van der Waals surface area contributed by atoms with Crippen molar-refractivity contribution in [2.24, 2.45) is 5.41 Å². The van der Waals surface area contributed by atoms with Gasteiger partial charge in [-0.25, -0.2) is 0 Å². The number of hydrogen-bond donors (Lipinski definition) is 1. The lowest BCUT2D eigenvalue weighted by atomic mass is 9.72. The van der Waals surface area contributed by atoms with Gasteiger partial charge in [0.05, 0.1) is 5.56 Å². The average Bonchev–Trinajstić information content (AvgIpc) is 2.65. The van der Waals surface area contributed by atoms with Crippen LogP contribution in [0.15, 0.2) is 23.1 Å². The van der Waals surface area contributed by atoms with Gasteiger partial charge in [0, 0.05) is 44.9 Å². The van der Waals surface area contributed by atoms with Crippen LogP contribution in [0.5, 0.6) is 0 Å². The lowest BCUT2D eigenvalue weighted by Gasteiger charge is -2.47. The standard InChI is InChI=1S/C20H30N4O3/c1-22(2)10-3-11-24-15-20(7-6-18(24)26)8-12-23(13-9-20)19(27)16-4-5-17(25)21-14-16/h4-5,14H,3,6-13,15H2,1-2H3,(H,21,25). The first-order chi connectivity index (χ1) is 12.9. The van der Waals surface area contributed by atoms with Gasteiger partial charge in [-0.3, -0.25) is 14.4 Å². The van der Waals surface area contributed by atoms with Crippen LogP contribution in [-0.4, -0.2) is 78.3 Å². The van der Waals surface area contributed by atoms with E-state index in [1.807, 2.05) is 9.80 Å². The molecule has 0 radical (unpaired) electrons. The molecular formula is C20H30N4O3. The van der Waals surface area contributed by atoms with E-state index in [1.165, 1.54) is 12.3 Å². The molecule has 7 nitrogen and oxygen atoms in total. The highest BCUT2D eigenvalue weighted by atomic mass is 16.2. The summed E-state index contributed by atoms with van der Waals surface area (Å²) in [7, 11) is 4.10. The first kappa shape index (κ1) is 19.6. The number of carbonyl (C=O) groups excluding carboxylic acids is 2. The molecule has 3 rings (SSSR count). The van der Waals surface area contributed by atoms with E-state index in [9.17, 15) is 14.4 Å². The van der Waals surface area contributed by atoms with Gasteiger partial charge in [-0.2, -0.15) is 0 Å². The third-order valence-corrected chi connectivity index (χ3v) is 5.92. The van der Waals surface area contributed by atoms with Gasteiger partial charge in [0.15, 0.2) is 0 Å². The number of aromatic nitrogens is 1. The molecular weight excluding hydrogens is 344 g/mol. The number of piperidine rings is 2. The van der Waals surface area contributed by atoms with E-state index in [0.29, 0.717) is 25.1 Å². The Bertz CT molecular complexity index is 714. The van der Waals surface area contributed by atoms with Crippen LogP contribution < -0.4 is 5.56 Å². The SMILES string of the molecule is CN(C)CCCN1CC2(CCC1=O)CCN(C(=O)c1ccc(=O)[nH]c1)CC2. The van der Waals surface area contributed by atoms with Crippen LogP contribution >= 0.6 is 0 Å². The average molecular weight is 374 g/mol. The zero-order valence-corrected chi connectivity index (χ0v) is 16.4. The van der Waals surface area contributed by atoms with Crippen molar-refractivity contribution in [2.45, 2.75) is 32.1 Å². The predicted molar refractivity (Wildman–Crippen MR) is 104 cm³/mol. The highest BCUT2D eigenvalue weighted by molar-refractivity contribution is 5.93.